The van der Waals surface area contributed by atoms with Gasteiger partial charge in [0.25, 0.3) is 0 Å². The third-order valence-electron chi connectivity index (χ3n) is 6.10. The predicted molar refractivity (Wildman–Crippen MR) is 109 cm³/mol. The molecule has 1 heterocycles. The van der Waals surface area contributed by atoms with E-state index in [4.69, 9.17) is 4.42 Å². The molecule has 0 amide bonds. The highest BCUT2D eigenvalue weighted by Gasteiger charge is 2.25. The van der Waals surface area contributed by atoms with Crippen molar-refractivity contribution in [2.75, 3.05) is 13.6 Å². The smallest absolute Gasteiger partial charge is 0.408 e. The lowest BCUT2D eigenvalue weighted by Crippen LogP contribution is -2.35. The van der Waals surface area contributed by atoms with Gasteiger partial charge in [0.05, 0.1) is 5.52 Å². The Labute approximate surface area is 164 Å². The summed E-state index contributed by atoms with van der Waals surface area (Å²) in [4.78, 5) is 16.5. The van der Waals surface area contributed by atoms with Gasteiger partial charge in [-0.25, -0.2) is 9.18 Å². The molecule has 3 aromatic rings. The first-order chi connectivity index (χ1) is 13.6. The number of nitrogens with zero attached hydrogens (tertiary/aromatic N) is 1. The summed E-state index contributed by atoms with van der Waals surface area (Å²) in [7, 11) is 2.21. The number of oxazole rings is 1. The summed E-state index contributed by atoms with van der Waals surface area (Å²) >= 11 is 0. The van der Waals surface area contributed by atoms with E-state index in [0.717, 1.165) is 43.3 Å². The molecule has 0 saturated heterocycles. The zero-order chi connectivity index (χ0) is 19.5. The molecule has 4 nitrogen and oxygen atoms in total. The summed E-state index contributed by atoms with van der Waals surface area (Å²) in [6.45, 7) is 1.03. The number of aromatic amines is 1. The van der Waals surface area contributed by atoms with E-state index in [1.165, 1.54) is 24.5 Å². The first-order valence-corrected chi connectivity index (χ1v) is 10.2. The lowest BCUT2D eigenvalue weighted by molar-refractivity contribution is 0.181. The molecule has 1 aliphatic rings. The van der Waals surface area contributed by atoms with Crippen molar-refractivity contribution in [3.05, 3.63) is 70.0 Å². The molecule has 148 valence electrons. The first-order valence-electron chi connectivity index (χ1n) is 10.2. The molecule has 0 aliphatic heterocycles. The summed E-state index contributed by atoms with van der Waals surface area (Å²) in [5.41, 5.74) is 3.76. The molecule has 0 atom stereocenters. The number of aromatic nitrogens is 1. The Kier molecular flexibility index (Phi) is 5.62. The molecule has 2 aromatic carbocycles. The molecule has 0 bridgehead atoms. The van der Waals surface area contributed by atoms with Gasteiger partial charge < -0.3 is 9.32 Å². The van der Waals surface area contributed by atoms with Gasteiger partial charge >= 0.3 is 5.76 Å². The van der Waals surface area contributed by atoms with Crippen molar-refractivity contribution in [1.82, 2.24) is 9.88 Å². The molecule has 0 radical (unpaired) electrons. The number of rotatable bonds is 6. The highest BCUT2D eigenvalue weighted by Crippen LogP contribution is 2.35. The van der Waals surface area contributed by atoms with Gasteiger partial charge in [0.1, 0.15) is 5.82 Å². The summed E-state index contributed by atoms with van der Waals surface area (Å²) in [5, 5.41) is 0. The molecule has 1 fully saturated rings. The van der Waals surface area contributed by atoms with Crippen LogP contribution in [0.25, 0.3) is 11.1 Å². The van der Waals surface area contributed by atoms with Crippen LogP contribution in [0, 0.1) is 5.82 Å². The van der Waals surface area contributed by atoms with Gasteiger partial charge in [-0.1, -0.05) is 18.2 Å². The molecule has 1 N–H and O–H groups in total. The molecular formula is C23H27FN2O2. The van der Waals surface area contributed by atoms with Gasteiger partial charge in [-0.15, -0.1) is 0 Å². The SMILES string of the molecule is CN(CCCc1cccc(F)c1)C1CCC(c2ccc3[nH]c(=O)oc3c2)CC1. The average Bonchev–Trinajstić information content (AvgIpc) is 3.07. The normalized spacial score (nSPS) is 20.1. The van der Waals surface area contributed by atoms with E-state index in [2.05, 4.69) is 23.0 Å². The van der Waals surface area contributed by atoms with Gasteiger partial charge in [-0.05, 0) is 93.4 Å². The fourth-order valence-corrected chi connectivity index (χ4v) is 4.47. The molecule has 1 saturated carbocycles. The predicted octanol–water partition coefficient (Wildman–Crippen LogP) is 4.85. The number of benzene rings is 2. The van der Waals surface area contributed by atoms with E-state index in [1.807, 2.05) is 18.2 Å². The zero-order valence-electron chi connectivity index (χ0n) is 16.3. The van der Waals surface area contributed by atoms with Crippen LogP contribution in [0.4, 0.5) is 4.39 Å². The number of aryl methyl sites for hydroxylation is 1. The Balaban J connectivity index is 1.27. The fourth-order valence-electron chi connectivity index (χ4n) is 4.47. The Morgan fingerprint density at radius 3 is 2.75 bits per heavy atom. The van der Waals surface area contributed by atoms with Crippen molar-refractivity contribution in [2.24, 2.45) is 0 Å². The van der Waals surface area contributed by atoms with Gasteiger partial charge in [0, 0.05) is 6.04 Å². The molecule has 1 aromatic heterocycles. The number of hydrogen-bond acceptors (Lipinski definition) is 3. The topological polar surface area (TPSA) is 49.2 Å². The summed E-state index contributed by atoms with van der Waals surface area (Å²) < 4.78 is 18.5. The van der Waals surface area contributed by atoms with E-state index in [-0.39, 0.29) is 5.82 Å². The maximum Gasteiger partial charge on any atom is 0.417 e. The van der Waals surface area contributed by atoms with Crippen LogP contribution in [-0.2, 0) is 6.42 Å². The largest absolute Gasteiger partial charge is 0.417 e. The van der Waals surface area contributed by atoms with E-state index >= 15 is 0 Å². The molecule has 0 unspecified atom stereocenters. The number of nitrogens with one attached hydrogen (secondary N) is 1. The minimum atomic E-state index is -0.393. The molecular weight excluding hydrogens is 355 g/mol. The van der Waals surface area contributed by atoms with Gasteiger partial charge in [-0.2, -0.15) is 0 Å². The third-order valence-corrected chi connectivity index (χ3v) is 6.10. The average molecular weight is 382 g/mol. The van der Waals surface area contributed by atoms with Crippen molar-refractivity contribution >= 4 is 11.1 Å². The minimum absolute atomic E-state index is 0.152. The number of halogens is 1. The van der Waals surface area contributed by atoms with Crippen LogP contribution >= 0.6 is 0 Å². The summed E-state index contributed by atoms with van der Waals surface area (Å²) in [6.07, 6.45) is 6.62. The number of fused-ring (bicyclic) bond motifs is 1. The Hall–Kier alpha value is -2.40. The van der Waals surface area contributed by atoms with Crippen LogP contribution in [0.1, 0.15) is 49.1 Å². The molecule has 28 heavy (non-hydrogen) atoms. The Bertz CT molecular complexity index is 985. The molecule has 1 aliphatic carbocycles. The molecule has 4 rings (SSSR count). The second kappa shape index (κ2) is 8.31. The molecule has 5 heteroatoms. The Morgan fingerprint density at radius 1 is 1.14 bits per heavy atom. The maximum atomic E-state index is 13.3. The van der Waals surface area contributed by atoms with E-state index in [9.17, 15) is 9.18 Å². The minimum Gasteiger partial charge on any atom is -0.408 e. The van der Waals surface area contributed by atoms with Gasteiger partial charge in [0.2, 0.25) is 0 Å². The highest BCUT2D eigenvalue weighted by molar-refractivity contribution is 5.72. The second-order valence-corrected chi connectivity index (χ2v) is 7.99. The van der Waals surface area contributed by atoms with E-state index < -0.39 is 5.76 Å². The van der Waals surface area contributed by atoms with Crippen molar-refractivity contribution in [3.63, 3.8) is 0 Å². The second-order valence-electron chi connectivity index (χ2n) is 7.99. The van der Waals surface area contributed by atoms with Crippen molar-refractivity contribution in [3.8, 4) is 0 Å². The van der Waals surface area contributed by atoms with Crippen molar-refractivity contribution in [1.29, 1.82) is 0 Å². The van der Waals surface area contributed by atoms with Crippen LogP contribution in [-0.4, -0.2) is 29.5 Å². The van der Waals surface area contributed by atoms with Crippen LogP contribution < -0.4 is 5.76 Å². The number of hydrogen-bond donors (Lipinski definition) is 1. The zero-order valence-corrected chi connectivity index (χ0v) is 16.3. The molecule has 0 spiro atoms. The van der Waals surface area contributed by atoms with E-state index in [0.29, 0.717) is 17.5 Å². The van der Waals surface area contributed by atoms with Crippen LogP contribution in [0.5, 0.6) is 0 Å². The highest BCUT2D eigenvalue weighted by atomic mass is 19.1. The summed E-state index contributed by atoms with van der Waals surface area (Å²) in [5.74, 6) is -0.0152. The van der Waals surface area contributed by atoms with Gasteiger partial charge in [0.15, 0.2) is 5.58 Å². The quantitative estimate of drug-likeness (QED) is 0.663. The standard InChI is InChI=1S/C23H27FN2O2/c1-26(13-3-5-16-4-2-6-19(24)14-16)20-10-7-17(8-11-20)18-9-12-21-22(15-18)28-23(27)25-21/h2,4,6,9,12,14-15,17,20H,3,5,7-8,10-11,13H2,1H3,(H,25,27). The Morgan fingerprint density at radius 2 is 1.96 bits per heavy atom. The van der Waals surface area contributed by atoms with Crippen molar-refractivity contribution in [2.45, 2.75) is 50.5 Å². The van der Waals surface area contributed by atoms with Gasteiger partial charge in [-0.3, -0.25) is 4.98 Å². The lowest BCUT2D eigenvalue weighted by Gasteiger charge is -2.35. The van der Waals surface area contributed by atoms with Crippen LogP contribution in [0.3, 0.4) is 0 Å². The maximum absolute atomic E-state index is 13.3. The first kappa shape index (κ1) is 18.9. The lowest BCUT2D eigenvalue weighted by atomic mass is 9.81. The van der Waals surface area contributed by atoms with Crippen LogP contribution in [0.15, 0.2) is 51.7 Å². The number of H-pyrrole nitrogens is 1. The monoisotopic (exact) mass is 382 g/mol. The fraction of sp³-hybridized carbons (Fsp3) is 0.435. The van der Waals surface area contributed by atoms with Crippen LogP contribution in [0.2, 0.25) is 0 Å². The van der Waals surface area contributed by atoms with E-state index in [1.54, 1.807) is 12.1 Å². The van der Waals surface area contributed by atoms with Crippen molar-refractivity contribution < 1.29 is 8.81 Å². The summed E-state index contributed by atoms with van der Waals surface area (Å²) in [6, 6.07) is 13.6. The third kappa shape index (κ3) is 4.36.